The molecule has 1 aromatic carbocycles. The number of aliphatic hydroxyl groups is 2. The fourth-order valence-electron chi connectivity index (χ4n) is 2.85. The topological polar surface area (TPSA) is 40.5 Å². The van der Waals surface area contributed by atoms with Gasteiger partial charge in [-0.15, -0.1) is 0 Å². The quantitative estimate of drug-likeness (QED) is 0.718. The fraction of sp³-hybridized carbons (Fsp3) is 0.647. The zero-order valence-electron chi connectivity index (χ0n) is 12.6. The lowest BCUT2D eigenvalue weighted by Crippen LogP contribution is -2.37. The van der Waals surface area contributed by atoms with Crippen molar-refractivity contribution in [1.29, 1.82) is 0 Å². The molecule has 0 radical (unpaired) electrons. The van der Waals surface area contributed by atoms with Crippen LogP contribution in [0, 0.1) is 5.92 Å². The minimum atomic E-state index is -0.632. The monoisotopic (exact) mass is 298 g/mol. The maximum absolute atomic E-state index is 9.91. The van der Waals surface area contributed by atoms with E-state index >= 15 is 0 Å². The molecule has 2 N–H and O–H groups in total. The smallest absolute Gasteiger partial charge is 0.0550 e. The molecule has 1 unspecified atom stereocenters. The maximum atomic E-state index is 9.91. The molecule has 0 aromatic heterocycles. The van der Waals surface area contributed by atoms with Crippen molar-refractivity contribution >= 4 is 11.6 Å². The molecule has 0 amide bonds. The van der Waals surface area contributed by atoms with Crippen LogP contribution in [0.15, 0.2) is 24.3 Å². The third-order valence-corrected chi connectivity index (χ3v) is 4.60. The van der Waals surface area contributed by atoms with Crippen molar-refractivity contribution < 1.29 is 10.2 Å². The largest absolute Gasteiger partial charge is 0.395 e. The van der Waals surface area contributed by atoms with Crippen molar-refractivity contribution in [1.82, 2.24) is 0 Å². The van der Waals surface area contributed by atoms with Crippen molar-refractivity contribution in [2.45, 2.75) is 51.4 Å². The van der Waals surface area contributed by atoms with E-state index in [-0.39, 0.29) is 13.2 Å². The van der Waals surface area contributed by atoms with Gasteiger partial charge in [-0.2, -0.15) is 0 Å². The molecule has 1 rings (SSSR count). The molecule has 2 nitrogen and oxygen atoms in total. The van der Waals surface area contributed by atoms with Crippen LogP contribution in [0.25, 0.3) is 0 Å². The third kappa shape index (κ3) is 4.21. The minimum absolute atomic E-state index is 0.0736. The van der Waals surface area contributed by atoms with Crippen LogP contribution in [0.3, 0.4) is 0 Å². The van der Waals surface area contributed by atoms with Crippen molar-refractivity contribution in [3.8, 4) is 0 Å². The highest BCUT2D eigenvalue weighted by Crippen LogP contribution is 2.37. The summed E-state index contributed by atoms with van der Waals surface area (Å²) in [6, 6.07) is 7.53. The van der Waals surface area contributed by atoms with E-state index in [1.807, 2.05) is 24.3 Å². The van der Waals surface area contributed by atoms with Gasteiger partial charge in [0.05, 0.1) is 13.2 Å². The Balaban J connectivity index is 2.99. The van der Waals surface area contributed by atoms with Crippen LogP contribution >= 0.6 is 11.6 Å². The van der Waals surface area contributed by atoms with Crippen LogP contribution in [-0.2, 0) is 5.41 Å². The van der Waals surface area contributed by atoms with Gasteiger partial charge in [0.15, 0.2) is 0 Å². The summed E-state index contributed by atoms with van der Waals surface area (Å²) in [5.41, 5.74) is 0.230. The lowest BCUT2D eigenvalue weighted by atomic mass is 9.73. The van der Waals surface area contributed by atoms with Gasteiger partial charge in [-0.1, -0.05) is 69.3 Å². The molecule has 0 heterocycles. The van der Waals surface area contributed by atoms with E-state index in [0.717, 1.165) is 24.8 Å². The Bertz CT molecular complexity index is 388. The second-order valence-electron chi connectivity index (χ2n) is 5.70. The Labute approximate surface area is 127 Å². The predicted molar refractivity (Wildman–Crippen MR) is 85.2 cm³/mol. The van der Waals surface area contributed by atoms with Crippen molar-refractivity contribution in [3.63, 3.8) is 0 Å². The highest BCUT2D eigenvalue weighted by molar-refractivity contribution is 6.31. The number of aliphatic hydroxyl groups excluding tert-OH is 2. The zero-order chi connectivity index (χ0) is 15.0. The summed E-state index contributed by atoms with van der Waals surface area (Å²) in [7, 11) is 0. The van der Waals surface area contributed by atoms with Crippen LogP contribution in [0.5, 0.6) is 0 Å². The number of rotatable bonds is 9. The Kier molecular flexibility index (Phi) is 7.57. The second-order valence-corrected chi connectivity index (χ2v) is 6.10. The van der Waals surface area contributed by atoms with Crippen LogP contribution in [0.4, 0.5) is 0 Å². The van der Waals surface area contributed by atoms with E-state index in [0.29, 0.717) is 10.9 Å². The van der Waals surface area contributed by atoms with Gasteiger partial charge in [0.25, 0.3) is 0 Å². The van der Waals surface area contributed by atoms with Crippen LogP contribution in [-0.4, -0.2) is 23.4 Å². The number of halogens is 1. The fourth-order valence-corrected chi connectivity index (χ4v) is 3.18. The summed E-state index contributed by atoms with van der Waals surface area (Å²) in [4.78, 5) is 0. The van der Waals surface area contributed by atoms with Gasteiger partial charge in [-0.25, -0.2) is 0 Å². The number of benzene rings is 1. The van der Waals surface area contributed by atoms with E-state index in [1.165, 1.54) is 12.8 Å². The first kappa shape index (κ1) is 17.5. The van der Waals surface area contributed by atoms with Crippen molar-refractivity contribution in [2.24, 2.45) is 5.92 Å². The summed E-state index contributed by atoms with van der Waals surface area (Å²) < 4.78 is 0. The third-order valence-electron chi connectivity index (χ3n) is 4.27. The molecule has 0 aliphatic heterocycles. The summed E-state index contributed by atoms with van der Waals surface area (Å²) in [6.45, 7) is 4.21. The summed E-state index contributed by atoms with van der Waals surface area (Å²) in [5.74, 6) is 0.505. The van der Waals surface area contributed by atoms with Crippen LogP contribution in [0.2, 0.25) is 5.02 Å². The Morgan fingerprint density at radius 3 is 2.30 bits per heavy atom. The molecule has 0 fully saturated rings. The number of hydrogen-bond donors (Lipinski definition) is 2. The Hall–Kier alpha value is -0.570. The molecule has 1 atom stereocenters. The van der Waals surface area contributed by atoms with E-state index < -0.39 is 5.41 Å². The van der Waals surface area contributed by atoms with Gasteiger partial charge in [0.2, 0.25) is 0 Å². The lowest BCUT2D eigenvalue weighted by Gasteiger charge is -2.34. The average molecular weight is 299 g/mol. The highest BCUT2D eigenvalue weighted by Gasteiger charge is 2.34. The molecule has 0 saturated heterocycles. The predicted octanol–water partition coefficient (Wildman–Crippen LogP) is 4.17. The first-order valence-corrected chi connectivity index (χ1v) is 7.98. The van der Waals surface area contributed by atoms with E-state index in [1.54, 1.807) is 0 Å². The molecule has 0 bridgehead atoms. The van der Waals surface area contributed by atoms with Crippen LogP contribution < -0.4 is 0 Å². The summed E-state index contributed by atoms with van der Waals surface area (Å²) in [6.07, 6.45) is 5.34. The second kappa shape index (κ2) is 8.66. The maximum Gasteiger partial charge on any atom is 0.0550 e. The van der Waals surface area contributed by atoms with Gasteiger partial charge < -0.3 is 10.2 Å². The molecule has 114 valence electrons. The highest BCUT2D eigenvalue weighted by atomic mass is 35.5. The normalized spacial score (nSPS) is 13.4. The summed E-state index contributed by atoms with van der Waals surface area (Å²) in [5, 5.41) is 20.4. The van der Waals surface area contributed by atoms with Gasteiger partial charge in [0.1, 0.15) is 0 Å². The molecule has 20 heavy (non-hydrogen) atoms. The summed E-state index contributed by atoms with van der Waals surface area (Å²) >= 11 is 6.27. The number of unbranched alkanes of at least 4 members (excludes halogenated alkanes) is 1. The van der Waals surface area contributed by atoms with Gasteiger partial charge >= 0.3 is 0 Å². The molecule has 0 aliphatic carbocycles. The average Bonchev–Trinajstić information content (AvgIpc) is 2.49. The Morgan fingerprint density at radius 2 is 1.80 bits per heavy atom. The molecule has 0 aliphatic rings. The molecule has 0 spiro atoms. The molecular formula is C17H27ClO2. The first-order chi connectivity index (χ1) is 9.63. The Morgan fingerprint density at radius 1 is 1.15 bits per heavy atom. The zero-order valence-corrected chi connectivity index (χ0v) is 13.4. The van der Waals surface area contributed by atoms with Crippen molar-refractivity contribution in [2.75, 3.05) is 13.2 Å². The first-order valence-electron chi connectivity index (χ1n) is 7.60. The van der Waals surface area contributed by atoms with E-state index in [4.69, 9.17) is 11.6 Å². The SMILES string of the molecule is CCCCC(CC)CC(CO)(CO)c1ccccc1Cl. The number of hydrogen-bond acceptors (Lipinski definition) is 2. The van der Waals surface area contributed by atoms with Crippen molar-refractivity contribution in [3.05, 3.63) is 34.9 Å². The van der Waals surface area contributed by atoms with Gasteiger partial charge in [-0.05, 0) is 24.0 Å². The van der Waals surface area contributed by atoms with E-state index in [2.05, 4.69) is 13.8 Å². The van der Waals surface area contributed by atoms with Gasteiger partial charge in [-0.3, -0.25) is 0 Å². The molecule has 3 heteroatoms. The lowest BCUT2D eigenvalue weighted by molar-refractivity contribution is 0.0923. The minimum Gasteiger partial charge on any atom is -0.395 e. The standard InChI is InChI=1S/C17H27ClO2/c1-3-5-8-14(4-2)11-17(12-19,13-20)15-9-6-7-10-16(15)18/h6-7,9-10,14,19-20H,3-5,8,11-13H2,1-2H3. The molecular weight excluding hydrogens is 272 g/mol. The molecule has 0 saturated carbocycles. The van der Waals surface area contributed by atoms with E-state index in [9.17, 15) is 10.2 Å². The molecule has 1 aromatic rings. The van der Waals surface area contributed by atoms with Crippen LogP contribution in [0.1, 0.15) is 51.5 Å². The van der Waals surface area contributed by atoms with Gasteiger partial charge in [0, 0.05) is 10.4 Å².